The second-order valence-electron chi connectivity index (χ2n) is 11.7. The summed E-state index contributed by atoms with van der Waals surface area (Å²) in [6.45, 7) is 9.18. The van der Waals surface area contributed by atoms with Gasteiger partial charge in [0.05, 0.1) is 13.2 Å². The quantitative estimate of drug-likeness (QED) is 0.484. The first-order valence-electron chi connectivity index (χ1n) is 12.6. The number of rotatable bonds is 4. The highest BCUT2D eigenvalue weighted by Gasteiger charge is 2.64. The lowest BCUT2D eigenvalue weighted by Crippen LogP contribution is -2.58. The Labute approximate surface area is 188 Å². The Morgan fingerprint density at radius 1 is 1.16 bits per heavy atom. The van der Waals surface area contributed by atoms with E-state index < -0.39 is 0 Å². The summed E-state index contributed by atoms with van der Waals surface area (Å²) >= 11 is 0. The minimum atomic E-state index is -0.266. The van der Waals surface area contributed by atoms with Gasteiger partial charge in [-0.25, -0.2) is 0 Å². The Hall–Kier alpha value is -1.16. The molecule has 0 radical (unpaired) electrons. The minimum Gasteiger partial charge on any atom is -0.469 e. The van der Waals surface area contributed by atoms with Crippen LogP contribution in [0.3, 0.4) is 0 Å². The molecule has 4 heteroatoms. The molecule has 0 saturated heterocycles. The molecular weight excluding hydrogens is 388 g/mol. The van der Waals surface area contributed by atoms with Crippen molar-refractivity contribution in [2.75, 3.05) is 7.11 Å². The van der Waals surface area contributed by atoms with E-state index in [0.717, 1.165) is 44.1 Å². The molecule has 4 aliphatic carbocycles. The van der Waals surface area contributed by atoms with Gasteiger partial charge in [-0.3, -0.25) is 9.59 Å². The molecule has 4 saturated carbocycles. The maximum atomic E-state index is 13.9. The van der Waals surface area contributed by atoms with E-state index in [2.05, 4.69) is 26.8 Å². The topological polar surface area (TPSA) is 63.6 Å². The number of ether oxygens (including phenoxy) is 1. The SMILES string of the molecule is C/C=C1\C(=O)C2C(CCC3(C)C2CCC3[C@H](C)CCC(=O)OC)C2(C)CC[C@@H](O)CC12. The second kappa shape index (κ2) is 8.32. The van der Waals surface area contributed by atoms with Crippen LogP contribution >= 0.6 is 0 Å². The molecule has 0 heterocycles. The molecule has 4 rings (SSSR count). The van der Waals surface area contributed by atoms with E-state index in [1.807, 2.05) is 6.92 Å². The number of methoxy groups -OCH3 is 1. The number of carbonyl (C=O) groups is 2. The average Bonchev–Trinajstić information content (AvgIpc) is 3.10. The highest BCUT2D eigenvalue weighted by Crippen LogP contribution is 2.68. The van der Waals surface area contributed by atoms with Crippen molar-refractivity contribution in [3.63, 3.8) is 0 Å². The third-order valence-electron chi connectivity index (χ3n) is 10.5. The van der Waals surface area contributed by atoms with E-state index >= 15 is 0 Å². The molecule has 4 aliphatic rings. The molecule has 4 fully saturated rings. The molecule has 0 amide bonds. The largest absolute Gasteiger partial charge is 0.469 e. The highest BCUT2D eigenvalue weighted by molar-refractivity contribution is 5.99. The number of Topliss-reactive ketones (excluding diaryl/α,β-unsaturated/α-hetero) is 1. The summed E-state index contributed by atoms with van der Waals surface area (Å²) < 4.78 is 4.87. The molecule has 174 valence electrons. The van der Waals surface area contributed by atoms with Crippen LogP contribution in [0.25, 0.3) is 0 Å². The third kappa shape index (κ3) is 3.52. The lowest BCUT2D eigenvalue weighted by molar-refractivity contribution is -0.150. The predicted octanol–water partition coefficient (Wildman–Crippen LogP) is 5.33. The zero-order valence-electron chi connectivity index (χ0n) is 20.2. The van der Waals surface area contributed by atoms with E-state index in [9.17, 15) is 14.7 Å². The number of ketones is 1. The molecule has 4 nitrogen and oxygen atoms in total. The summed E-state index contributed by atoms with van der Waals surface area (Å²) in [5.41, 5.74) is 1.33. The highest BCUT2D eigenvalue weighted by atomic mass is 16.5. The molecule has 0 aromatic heterocycles. The zero-order chi connectivity index (χ0) is 22.6. The van der Waals surface area contributed by atoms with Crippen LogP contribution in [-0.2, 0) is 14.3 Å². The number of aliphatic hydroxyl groups is 1. The molecule has 0 aliphatic heterocycles. The van der Waals surface area contributed by atoms with Gasteiger partial charge in [0.2, 0.25) is 0 Å². The van der Waals surface area contributed by atoms with Gasteiger partial charge in [0, 0.05) is 12.3 Å². The van der Waals surface area contributed by atoms with Crippen molar-refractivity contribution in [2.24, 2.45) is 46.3 Å². The fourth-order valence-corrected chi connectivity index (χ4v) is 8.81. The van der Waals surface area contributed by atoms with Gasteiger partial charge in [-0.2, -0.15) is 0 Å². The predicted molar refractivity (Wildman–Crippen MR) is 121 cm³/mol. The Kier molecular flexibility index (Phi) is 6.17. The molecule has 0 aromatic rings. The number of aliphatic hydroxyl groups excluding tert-OH is 1. The summed E-state index contributed by atoms with van der Waals surface area (Å²) in [5.74, 6) is 2.57. The van der Waals surface area contributed by atoms with Gasteiger partial charge >= 0.3 is 5.97 Å². The number of fused-ring (bicyclic) bond motifs is 5. The summed E-state index contributed by atoms with van der Waals surface area (Å²) in [4.78, 5) is 25.6. The Balaban J connectivity index is 1.61. The number of esters is 1. The second-order valence-corrected chi connectivity index (χ2v) is 11.7. The minimum absolute atomic E-state index is 0.117. The summed E-state index contributed by atoms with van der Waals surface area (Å²) in [6.07, 6.45) is 10.4. The van der Waals surface area contributed by atoms with Crippen LogP contribution in [0.5, 0.6) is 0 Å². The molecule has 0 spiro atoms. The molecule has 31 heavy (non-hydrogen) atoms. The van der Waals surface area contributed by atoms with E-state index in [1.165, 1.54) is 20.0 Å². The van der Waals surface area contributed by atoms with Crippen LogP contribution in [0.2, 0.25) is 0 Å². The first-order chi connectivity index (χ1) is 14.7. The monoisotopic (exact) mass is 430 g/mol. The van der Waals surface area contributed by atoms with Crippen LogP contribution in [0.4, 0.5) is 0 Å². The summed E-state index contributed by atoms with van der Waals surface area (Å²) in [6, 6.07) is 0. The first kappa shape index (κ1) is 23.0. The average molecular weight is 431 g/mol. The number of hydrogen-bond donors (Lipinski definition) is 1. The van der Waals surface area contributed by atoms with Gasteiger partial charge in [0.15, 0.2) is 5.78 Å². The van der Waals surface area contributed by atoms with Crippen LogP contribution in [-0.4, -0.2) is 30.1 Å². The molecular formula is C27H42O4. The molecule has 1 N–H and O–H groups in total. The maximum absolute atomic E-state index is 13.9. The Bertz CT molecular complexity index is 756. The Morgan fingerprint density at radius 3 is 2.52 bits per heavy atom. The molecule has 0 aromatic carbocycles. The van der Waals surface area contributed by atoms with Crippen LogP contribution < -0.4 is 0 Å². The van der Waals surface area contributed by atoms with Crippen molar-refractivity contribution >= 4 is 11.8 Å². The van der Waals surface area contributed by atoms with Crippen molar-refractivity contribution in [1.29, 1.82) is 0 Å². The first-order valence-corrected chi connectivity index (χ1v) is 12.6. The van der Waals surface area contributed by atoms with Crippen LogP contribution in [0.1, 0.15) is 85.5 Å². The lowest BCUT2D eigenvalue weighted by atomic mass is 9.43. The summed E-state index contributed by atoms with van der Waals surface area (Å²) in [5, 5.41) is 10.4. The normalized spacial score (nSPS) is 46.8. The van der Waals surface area contributed by atoms with E-state index in [1.54, 1.807) is 0 Å². The molecule has 0 bridgehead atoms. The van der Waals surface area contributed by atoms with Crippen molar-refractivity contribution in [3.05, 3.63) is 11.6 Å². The number of allylic oxidation sites excluding steroid dienone is 2. The molecule has 9 atom stereocenters. The van der Waals surface area contributed by atoms with E-state index in [0.29, 0.717) is 35.9 Å². The number of carbonyl (C=O) groups excluding carboxylic acids is 2. The fourth-order valence-electron chi connectivity index (χ4n) is 8.81. The van der Waals surface area contributed by atoms with Gasteiger partial charge < -0.3 is 9.84 Å². The van der Waals surface area contributed by atoms with E-state index in [4.69, 9.17) is 4.74 Å². The maximum Gasteiger partial charge on any atom is 0.305 e. The number of hydrogen-bond acceptors (Lipinski definition) is 4. The third-order valence-corrected chi connectivity index (χ3v) is 10.5. The smallest absolute Gasteiger partial charge is 0.305 e. The van der Waals surface area contributed by atoms with Gasteiger partial charge in [-0.05, 0) is 104 Å². The molecule has 7 unspecified atom stereocenters. The van der Waals surface area contributed by atoms with Gasteiger partial charge in [0.25, 0.3) is 0 Å². The van der Waals surface area contributed by atoms with Crippen molar-refractivity contribution in [1.82, 2.24) is 0 Å². The van der Waals surface area contributed by atoms with Gasteiger partial charge in [-0.15, -0.1) is 0 Å². The van der Waals surface area contributed by atoms with Crippen molar-refractivity contribution in [3.8, 4) is 0 Å². The Morgan fingerprint density at radius 2 is 1.84 bits per heavy atom. The van der Waals surface area contributed by atoms with Gasteiger partial charge in [-0.1, -0.05) is 26.8 Å². The van der Waals surface area contributed by atoms with Crippen LogP contribution in [0, 0.1) is 46.3 Å². The lowest BCUT2D eigenvalue weighted by Gasteiger charge is -2.61. The van der Waals surface area contributed by atoms with E-state index in [-0.39, 0.29) is 34.7 Å². The fraction of sp³-hybridized carbons (Fsp3) is 0.852. The van der Waals surface area contributed by atoms with Crippen molar-refractivity contribution in [2.45, 2.75) is 91.6 Å². The standard InChI is InChI=1S/C27H42O4/c1-6-18-22-15-17(28)11-13-27(22,4)21-12-14-26(3)19(16(2)7-10-23(29)31-5)8-9-20(26)24(21)25(18)30/h6,16-17,19-22,24,28H,7-15H2,1-5H3/b18-6-/t16-,17-,19?,20?,21?,22?,24?,26?,27?/m1/s1. The summed E-state index contributed by atoms with van der Waals surface area (Å²) in [7, 11) is 1.47. The zero-order valence-corrected chi connectivity index (χ0v) is 20.2. The van der Waals surface area contributed by atoms with Gasteiger partial charge in [0.1, 0.15) is 0 Å². The van der Waals surface area contributed by atoms with Crippen molar-refractivity contribution < 1.29 is 19.4 Å². The van der Waals surface area contributed by atoms with Crippen LogP contribution in [0.15, 0.2) is 11.6 Å².